The Labute approximate surface area is 170 Å². The van der Waals surface area contributed by atoms with Gasteiger partial charge in [-0.05, 0) is 19.3 Å². The van der Waals surface area contributed by atoms with E-state index in [9.17, 15) is 43.2 Å². The third-order valence-electron chi connectivity index (χ3n) is 3.94. The van der Waals surface area contributed by atoms with Crippen LogP contribution in [0.5, 0.6) is 0 Å². The lowest BCUT2D eigenvalue weighted by atomic mass is 10.4. The Morgan fingerprint density at radius 1 is 0.655 bits per heavy atom. The number of rotatable bonds is 11. The summed E-state index contributed by atoms with van der Waals surface area (Å²) >= 11 is 0. The molecule has 0 saturated carbocycles. The van der Waals surface area contributed by atoms with Crippen LogP contribution in [0.4, 0.5) is 26.3 Å². The van der Waals surface area contributed by atoms with Crippen LogP contribution in [0.3, 0.4) is 0 Å². The molecule has 0 N–H and O–H groups in total. The van der Waals surface area contributed by atoms with Gasteiger partial charge < -0.3 is 4.13 Å². The van der Waals surface area contributed by atoms with Gasteiger partial charge in [-0.1, -0.05) is 40.0 Å². The van der Waals surface area contributed by atoms with Crippen LogP contribution < -0.4 is 0 Å². The van der Waals surface area contributed by atoms with E-state index in [4.69, 9.17) is 0 Å². The number of nitrogens with zero attached hydrogens (tertiary/aromatic N) is 1. The zero-order valence-electron chi connectivity index (χ0n) is 17.0. The summed E-state index contributed by atoms with van der Waals surface area (Å²) in [7, 11) is -14.0. The van der Waals surface area contributed by atoms with Gasteiger partial charge in [-0.15, -0.1) is 0 Å². The van der Waals surface area contributed by atoms with Crippen molar-refractivity contribution in [2.45, 2.75) is 70.3 Å². The number of hydrogen-bond acceptors (Lipinski definition) is 4. The molecule has 178 valence electrons. The number of unbranched alkanes of at least 4 members (excludes halogenated alkanes) is 3. The van der Waals surface area contributed by atoms with Crippen LogP contribution in [0, 0.1) is 0 Å². The molecule has 0 radical (unpaired) electrons. The molecule has 14 heteroatoms. The fourth-order valence-electron chi connectivity index (χ4n) is 2.17. The lowest BCUT2D eigenvalue weighted by Crippen LogP contribution is -2.30. The fraction of sp³-hybridized carbons (Fsp3) is 1.00. The molecule has 0 fully saturated rings. The molecule has 0 bridgehead atoms. The normalized spacial score (nSPS) is 13.7. The second kappa shape index (κ2) is 12.7. The molecule has 0 aromatic rings. The van der Waals surface area contributed by atoms with Crippen molar-refractivity contribution in [1.29, 1.82) is 0 Å². The minimum atomic E-state index is -6.72. The van der Waals surface area contributed by atoms with Crippen LogP contribution in [0.2, 0.25) is 0 Å². The van der Waals surface area contributed by atoms with Crippen LogP contribution in [-0.2, 0) is 20.0 Å². The minimum Gasteiger partial charge on any atom is -0.421 e. The summed E-state index contributed by atoms with van der Waals surface area (Å²) in [6, 6.07) is 0. The van der Waals surface area contributed by atoms with Gasteiger partial charge in [0.2, 0.25) is 0 Å². The van der Waals surface area contributed by atoms with Gasteiger partial charge in [0.25, 0.3) is 0 Å². The first-order valence-corrected chi connectivity index (χ1v) is 14.8. The highest BCUT2D eigenvalue weighted by Gasteiger charge is 2.46. The molecule has 0 aliphatic carbocycles. The molecular weight excluding hydrogens is 467 g/mol. The standard InChI is InChI=1S/C13H30P.C2F6NO4S2/c1-5-8-11-14(4,12-9-6-2)13-10-7-3;3-1(4,5)14(10,11)9-15(12,13)2(6,7)8/h5-13H2,1-4H3;/q+1;-1. The van der Waals surface area contributed by atoms with E-state index in [-0.39, 0.29) is 0 Å². The maximum atomic E-state index is 11.4. The molecule has 0 aliphatic heterocycles. The van der Waals surface area contributed by atoms with Gasteiger partial charge in [-0.2, -0.15) is 26.3 Å². The van der Waals surface area contributed by atoms with Crippen molar-refractivity contribution in [3.05, 3.63) is 4.13 Å². The zero-order chi connectivity index (χ0) is 23.6. The molecule has 29 heavy (non-hydrogen) atoms. The summed E-state index contributed by atoms with van der Waals surface area (Å²) in [5, 5.41) is 0. The van der Waals surface area contributed by atoms with Gasteiger partial charge in [0.05, 0.1) is 18.5 Å². The average molecular weight is 498 g/mol. The zero-order valence-corrected chi connectivity index (χ0v) is 19.5. The highest BCUT2D eigenvalue weighted by atomic mass is 32.3. The molecule has 0 heterocycles. The summed E-state index contributed by atoms with van der Waals surface area (Å²) in [4.78, 5) is 0. The highest BCUT2D eigenvalue weighted by molar-refractivity contribution is 8.13. The van der Waals surface area contributed by atoms with E-state index in [1.54, 1.807) is 18.5 Å². The van der Waals surface area contributed by atoms with Crippen molar-refractivity contribution in [2.75, 3.05) is 25.2 Å². The SMILES string of the molecule is CCCC[P+](C)(CCCC)CCCC.O=S(=O)([N-]S(=O)(=O)C(F)(F)F)C(F)(F)F. The first-order valence-electron chi connectivity index (χ1n) is 9.09. The second-order valence-corrected chi connectivity index (χ2v) is 14.8. The Morgan fingerprint density at radius 2 is 0.897 bits per heavy atom. The van der Waals surface area contributed by atoms with Gasteiger partial charge in [-0.25, -0.2) is 16.8 Å². The lowest BCUT2D eigenvalue weighted by Gasteiger charge is -2.22. The second-order valence-electron chi connectivity index (χ2n) is 6.77. The summed E-state index contributed by atoms with van der Waals surface area (Å²) in [6.07, 6.45) is 13.2. The van der Waals surface area contributed by atoms with Crippen LogP contribution in [0.15, 0.2) is 0 Å². The highest BCUT2D eigenvalue weighted by Crippen LogP contribution is 2.57. The summed E-state index contributed by atoms with van der Waals surface area (Å²) in [5.74, 6) is 0. The first kappa shape index (κ1) is 31.1. The molecule has 0 saturated heterocycles. The largest absolute Gasteiger partial charge is 0.480 e. The average Bonchev–Trinajstić information content (AvgIpc) is 2.54. The Morgan fingerprint density at radius 3 is 1.07 bits per heavy atom. The third kappa shape index (κ3) is 12.3. The number of alkyl halides is 6. The van der Waals surface area contributed by atoms with E-state index < -0.39 is 38.3 Å². The molecule has 0 unspecified atom stereocenters. The molecule has 0 aliphatic rings. The number of halogens is 6. The van der Waals surface area contributed by atoms with Crippen LogP contribution in [0.1, 0.15) is 59.3 Å². The van der Waals surface area contributed by atoms with Crippen molar-refractivity contribution in [3.63, 3.8) is 0 Å². The van der Waals surface area contributed by atoms with E-state index in [0.717, 1.165) is 4.13 Å². The molecule has 0 rings (SSSR count). The van der Waals surface area contributed by atoms with E-state index in [1.807, 2.05) is 0 Å². The molecule has 0 aromatic carbocycles. The Hall–Kier alpha value is -0.130. The summed E-state index contributed by atoms with van der Waals surface area (Å²) < 4.78 is 109. The summed E-state index contributed by atoms with van der Waals surface area (Å²) in [5.41, 5.74) is -12.4. The van der Waals surface area contributed by atoms with Gasteiger partial charge in [0, 0.05) is 13.9 Å². The minimum absolute atomic E-state index is 0.519. The fourth-order valence-corrected chi connectivity index (χ4v) is 7.79. The Kier molecular flexibility index (Phi) is 13.6. The van der Waals surface area contributed by atoms with E-state index in [2.05, 4.69) is 27.4 Å². The predicted octanol–water partition coefficient (Wildman–Crippen LogP) is 6.09. The van der Waals surface area contributed by atoms with Crippen molar-refractivity contribution in [3.8, 4) is 0 Å². The van der Waals surface area contributed by atoms with Gasteiger partial charge >= 0.3 is 11.0 Å². The molecule has 0 aromatic heterocycles. The van der Waals surface area contributed by atoms with Gasteiger partial charge in [-0.3, -0.25) is 0 Å². The Balaban J connectivity index is 0. The van der Waals surface area contributed by atoms with Gasteiger partial charge in [0.15, 0.2) is 20.0 Å². The van der Waals surface area contributed by atoms with Crippen LogP contribution >= 0.6 is 7.26 Å². The van der Waals surface area contributed by atoms with E-state index in [0.29, 0.717) is 0 Å². The first-order chi connectivity index (χ1) is 12.9. The maximum absolute atomic E-state index is 11.4. The van der Waals surface area contributed by atoms with E-state index in [1.165, 1.54) is 38.5 Å². The van der Waals surface area contributed by atoms with Crippen molar-refractivity contribution >= 4 is 27.3 Å². The monoisotopic (exact) mass is 497 g/mol. The smallest absolute Gasteiger partial charge is 0.421 e. The quantitative estimate of drug-likeness (QED) is 0.255. The van der Waals surface area contributed by atoms with Crippen molar-refractivity contribution in [1.82, 2.24) is 0 Å². The summed E-state index contributed by atoms with van der Waals surface area (Å²) in [6.45, 7) is 9.59. The molecular formula is C15H30F6NO4PS2. The number of hydrogen-bond donors (Lipinski definition) is 0. The maximum Gasteiger partial charge on any atom is 0.480 e. The van der Waals surface area contributed by atoms with Crippen LogP contribution in [0.25, 0.3) is 4.13 Å². The number of sulfonamides is 2. The molecule has 0 amide bonds. The van der Waals surface area contributed by atoms with Crippen LogP contribution in [-0.4, -0.2) is 53.0 Å². The van der Waals surface area contributed by atoms with Crippen molar-refractivity contribution in [2.24, 2.45) is 0 Å². The molecule has 0 atom stereocenters. The lowest BCUT2D eigenvalue weighted by molar-refractivity contribution is -0.0444. The van der Waals surface area contributed by atoms with Crippen molar-refractivity contribution < 1.29 is 43.2 Å². The Bertz CT molecular complexity index is 600. The predicted molar refractivity (Wildman–Crippen MR) is 105 cm³/mol. The topological polar surface area (TPSA) is 82.4 Å². The van der Waals surface area contributed by atoms with Gasteiger partial charge in [0.1, 0.15) is 0 Å². The molecule has 0 spiro atoms. The van der Waals surface area contributed by atoms with E-state index >= 15 is 0 Å². The molecule has 5 nitrogen and oxygen atoms in total. The third-order valence-corrected chi connectivity index (χ3v) is 10.9.